The normalized spacial score (nSPS) is 16.7. The van der Waals surface area contributed by atoms with Gasteiger partial charge in [-0.15, -0.1) is 0 Å². The van der Waals surface area contributed by atoms with Crippen molar-refractivity contribution >= 4 is 17.9 Å². The lowest BCUT2D eigenvalue weighted by atomic mass is 9.82. The highest BCUT2D eigenvalue weighted by atomic mass is 16.5. The summed E-state index contributed by atoms with van der Waals surface area (Å²) < 4.78 is 17.0. The molecular weight excluding hydrogens is 576 g/mol. The molecule has 3 rings (SSSR count). The first-order valence-corrected chi connectivity index (χ1v) is 17.9. The van der Waals surface area contributed by atoms with Crippen LogP contribution in [0.5, 0.6) is 11.5 Å². The summed E-state index contributed by atoms with van der Waals surface area (Å²) in [5, 5.41) is 0. The Hall–Kier alpha value is -3.41. The van der Waals surface area contributed by atoms with Crippen LogP contribution in [0.2, 0.25) is 0 Å². The molecule has 1 atom stereocenters. The van der Waals surface area contributed by atoms with Crippen molar-refractivity contribution < 1.29 is 28.6 Å². The van der Waals surface area contributed by atoms with E-state index in [9.17, 15) is 14.4 Å². The van der Waals surface area contributed by atoms with Gasteiger partial charge in [0.05, 0.1) is 11.8 Å². The minimum absolute atomic E-state index is 0.215. The Labute approximate surface area is 277 Å². The molecule has 0 spiro atoms. The number of carbonyl (C=O) groups excluding carboxylic acids is 3. The lowest BCUT2D eigenvalue weighted by Crippen LogP contribution is -2.30. The molecule has 0 saturated heterocycles. The maximum Gasteiger partial charge on any atom is 0.330 e. The van der Waals surface area contributed by atoms with Gasteiger partial charge in [-0.05, 0) is 86.8 Å². The Morgan fingerprint density at radius 3 is 1.63 bits per heavy atom. The molecule has 252 valence electrons. The van der Waals surface area contributed by atoms with Crippen LogP contribution >= 0.6 is 0 Å². The van der Waals surface area contributed by atoms with E-state index in [0.717, 1.165) is 31.2 Å². The number of rotatable bonds is 21. The molecule has 1 saturated carbocycles. The van der Waals surface area contributed by atoms with Crippen LogP contribution in [0.4, 0.5) is 0 Å². The molecule has 1 aliphatic rings. The fraction of sp³-hybridized carbons (Fsp3) is 0.575. The minimum atomic E-state index is -0.439. The lowest BCUT2D eigenvalue weighted by Gasteiger charge is -2.26. The number of aryl methyl sites for hydroxylation is 1. The third-order valence-corrected chi connectivity index (χ3v) is 9.07. The molecule has 1 unspecified atom stereocenters. The molecule has 0 N–H and O–H groups in total. The van der Waals surface area contributed by atoms with Gasteiger partial charge in [0.1, 0.15) is 17.6 Å². The van der Waals surface area contributed by atoms with Crippen LogP contribution in [-0.4, -0.2) is 17.9 Å². The highest BCUT2D eigenvalue weighted by Gasteiger charge is 2.32. The molecule has 2 aromatic carbocycles. The summed E-state index contributed by atoms with van der Waals surface area (Å²) >= 11 is 0. The zero-order chi connectivity index (χ0) is 33.0. The van der Waals surface area contributed by atoms with Crippen LogP contribution < -0.4 is 9.47 Å². The number of esters is 3. The van der Waals surface area contributed by atoms with Crippen molar-refractivity contribution in [2.24, 2.45) is 11.8 Å². The van der Waals surface area contributed by atoms with E-state index in [-0.39, 0.29) is 29.9 Å². The van der Waals surface area contributed by atoms with Crippen molar-refractivity contribution in [3.05, 3.63) is 72.3 Å². The van der Waals surface area contributed by atoms with Gasteiger partial charge in [0.15, 0.2) is 0 Å². The molecule has 0 heterocycles. The lowest BCUT2D eigenvalue weighted by molar-refractivity contribution is -0.145. The molecule has 6 nitrogen and oxygen atoms in total. The molecule has 1 fully saturated rings. The SMILES string of the molecule is C=CC(=O)OC(CCCCCCCCCC)c1ccc(OC(=O)[C@H]2CC[C@H](C(=O)Oc3ccc(CCCCCC)cc3)CC2)cc1. The maximum absolute atomic E-state index is 12.9. The second-order valence-corrected chi connectivity index (χ2v) is 12.8. The van der Waals surface area contributed by atoms with Crippen LogP contribution in [-0.2, 0) is 25.5 Å². The van der Waals surface area contributed by atoms with Gasteiger partial charge >= 0.3 is 17.9 Å². The highest BCUT2D eigenvalue weighted by molar-refractivity contribution is 5.81. The van der Waals surface area contributed by atoms with Gasteiger partial charge in [-0.3, -0.25) is 9.59 Å². The monoisotopic (exact) mass is 632 g/mol. The Morgan fingerprint density at radius 2 is 1.13 bits per heavy atom. The van der Waals surface area contributed by atoms with Crippen LogP contribution in [0, 0.1) is 11.8 Å². The molecule has 2 aromatic rings. The first-order chi connectivity index (χ1) is 22.4. The molecular formula is C40H56O6. The van der Waals surface area contributed by atoms with Crippen LogP contribution in [0.1, 0.15) is 140 Å². The summed E-state index contributed by atoms with van der Waals surface area (Å²) in [7, 11) is 0. The third-order valence-electron chi connectivity index (χ3n) is 9.07. The van der Waals surface area contributed by atoms with Gasteiger partial charge in [0, 0.05) is 6.08 Å². The molecule has 1 aliphatic carbocycles. The van der Waals surface area contributed by atoms with E-state index in [1.54, 1.807) is 12.1 Å². The Kier molecular flexibility index (Phi) is 17.2. The van der Waals surface area contributed by atoms with Crippen molar-refractivity contribution in [1.29, 1.82) is 0 Å². The van der Waals surface area contributed by atoms with E-state index in [4.69, 9.17) is 14.2 Å². The average Bonchev–Trinajstić information content (AvgIpc) is 3.08. The predicted molar refractivity (Wildman–Crippen MR) is 184 cm³/mol. The molecule has 0 radical (unpaired) electrons. The molecule has 0 bridgehead atoms. The topological polar surface area (TPSA) is 78.9 Å². The fourth-order valence-corrected chi connectivity index (χ4v) is 6.14. The second-order valence-electron chi connectivity index (χ2n) is 12.8. The van der Waals surface area contributed by atoms with Crippen molar-refractivity contribution in [2.45, 2.75) is 136 Å². The van der Waals surface area contributed by atoms with Crippen LogP contribution in [0.25, 0.3) is 0 Å². The summed E-state index contributed by atoms with van der Waals surface area (Å²) in [5.74, 6) is -0.367. The summed E-state index contributed by atoms with van der Waals surface area (Å²) in [5.41, 5.74) is 2.14. The number of benzene rings is 2. The number of hydrogen-bond donors (Lipinski definition) is 0. The molecule has 0 aromatic heterocycles. The highest BCUT2D eigenvalue weighted by Crippen LogP contribution is 2.32. The number of carbonyl (C=O) groups is 3. The minimum Gasteiger partial charge on any atom is -0.454 e. The maximum atomic E-state index is 12.9. The van der Waals surface area contributed by atoms with Gasteiger partial charge in [0.2, 0.25) is 0 Å². The van der Waals surface area contributed by atoms with Crippen molar-refractivity contribution in [2.75, 3.05) is 0 Å². The van der Waals surface area contributed by atoms with E-state index in [1.807, 2.05) is 36.4 Å². The smallest absolute Gasteiger partial charge is 0.330 e. The largest absolute Gasteiger partial charge is 0.454 e. The van der Waals surface area contributed by atoms with Gasteiger partial charge in [0.25, 0.3) is 0 Å². The number of hydrogen-bond acceptors (Lipinski definition) is 6. The summed E-state index contributed by atoms with van der Waals surface area (Å²) in [6, 6.07) is 15.1. The van der Waals surface area contributed by atoms with Gasteiger partial charge in [-0.25, -0.2) is 4.79 Å². The molecule has 46 heavy (non-hydrogen) atoms. The van der Waals surface area contributed by atoms with E-state index in [0.29, 0.717) is 37.2 Å². The average molecular weight is 633 g/mol. The predicted octanol–water partition coefficient (Wildman–Crippen LogP) is 10.4. The quantitative estimate of drug-likeness (QED) is 0.0590. The van der Waals surface area contributed by atoms with E-state index >= 15 is 0 Å². The first-order valence-electron chi connectivity index (χ1n) is 17.9. The van der Waals surface area contributed by atoms with E-state index in [2.05, 4.69) is 20.4 Å². The van der Waals surface area contributed by atoms with Crippen molar-refractivity contribution in [3.63, 3.8) is 0 Å². The Morgan fingerprint density at radius 1 is 0.674 bits per heavy atom. The Bertz CT molecular complexity index is 1180. The van der Waals surface area contributed by atoms with Gasteiger partial charge in [-0.2, -0.15) is 0 Å². The van der Waals surface area contributed by atoms with Crippen LogP contribution in [0.3, 0.4) is 0 Å². The summed E-state index contributed by atoms with van der Waals surface area (Å²) in [4.78, 5) is 37.8. The van der Waals surface area contributed by atoms with Crippen LogP contribution in [0.15, 0.2) is 61.2 Å². The summed E-state index contributed by atoms with van der Waals surface area (Å²) in [6.45, 7) is 7.97. The van der Waals surface area contributed by atoms with E-state index < -0.39 is 5.97 Å². The Balaban J connectivity index is 1.41. The van der Waals surface area contributed by atoms with Crippen molar-refractivity contribution in [3.8, 4) is 11.5 Å². The van der Waals surface area contributed by atoms with Gasteiger partial charge in [-0.1, -0.05) is 109 Å². The first kappa shape index (κ1) is 37.1. The molecule has 0 aliphatic heterocycles. The second kappa shape index (κ2) is 21.4. The molecule has 6 heteroatoms. The number of ether oxygens (including phenoxy) is 3. The zero-order valence-electron chi connectivity index (χ0n) is 28.3. The fourth-order valence-electron chi connectivity index (χ4n) is 6.14. The summed E-state index contributed by atoms with van der Waals surface area (Å²) in [6.07, 6.45) is 19.6. The van der Waals surface area contributed by atoms with E-state index in [1.165, 1.54) is 75.8 Å². The standard InChI is InChI=1S/C40H56O6/c1-4-7-9-11-12-13-14-16-18-37(46-38(41)6-3)32-25-29-36(30-26-32)45-40(43)34-23-21-33(22-24-34)39(42)44-35-27-19-31(20-28-35)17-15-10-8-5-2/h6,19-20,25-30,33-34,37H,3-5,7-18,21-24H2,1-2H3/t33-,34-,37?. The zero-order valence-corrected chi connectivity index (χ0v) is 28.3. The molecule has 0 amide bonds. The third kappa shape index (κ3) is 13.5. The van der Waals surface area contributed by atoms with Crippen molar-refractivity contribution in [1.82, 2.24) is 0 Å². The van der Waals surface area contributed by atoms with Gasteiger partial charge < -0.3 is 14.2 Å². The number of unbranched alkanes of at least 4 members (excludes halogenated alkanes) is 10.